The maximum atomic E-state index is 10.7. The highest BCUT2D eigenvalue weighted by molar-refractivity contribution is 7.85. The summed E-state index contributed by atoms with van der Waals surface area (Å²) in [4.78, 5) is -0.194. The van der Waals surface area contributed by atoms with Crippen molar-refractivity contribution in [1.82, 2.24) is 0 Å². The lowest BCUT2D eigenvalue weighted by Gasteiger charge is -2.11. The fourth-order valence-electron chi connectivity index (χ4n) is 1.16. The molecule has 5 heteroatoms. The average molecular weight is 215 g/mol. The topological polar surface area (TPSA) is 66.4 Å². The van der Waals surface area contributed by atoms with Gasteiger partial charge in [-0.25, -0.2) is 8.42 Å². The third-order valence-electron chi connectivity index (χ3n) is 1.73. The molecule has 1 rings (SSSR count). The molecule has 0 amide bonds. The van der Waals surface area contributed by atoms with Gasteiger partial charge >= 0.3 is 0 Å². The van der Waals surface area contributed by atoms with Crippen molar-refractivity contribution in [1.29, 1.82) is 0 Å². The number of rotatable bonds is 3. The van der Waals surface area contributed by atoms with Crippen LogP contribution in [0.1, 0.15) is 12.5 Å². The van der Waals surface area contributed by atoms with Gasteiger partial charge in [0.25, 0.3) is 0 Å². The summed E-state index contributed by atoms with van der Waals surface area (Å²) in [7, 11) is -4.37. The Kier molecular flexibility index (Phi) is 3.13. The first-order valence-corrected chi connectivity index (χ1v) is 5.55. The Balaban J connectivity index is 3.15. The fourth-order valence-corrected chi connectivity index (χ4v) is 1.85. The van der Waals surface area contributed by atoms with Gasteiger partial charge in [0.15, 0.2) is 0 Å². The molecule has 0 radical (unpaired) electrons. The van der Waals surface area contributed by atoms with Gasteiger partial charge in [-0.05, 0) is 37.6 Å². The van der Waals surface area contributed by atoms with Gasteiger partial charge < -0.3 is 9.29 Å². The van der Waals surface area contributed by atoms with Crippen LogP contribution in [0.15, 0.2) is 23.1 Å². The molecule has 0 aliphatic rings. The van der Waals surface area contributed by atoms with Crippen LogP contribution >= 0.6 is 0 Å². The Hall–Kier alpha value is -1.07. The SMILES string of the molecule is CCOc1ccc(S(=O)(=O)[O-])c(C)c1. The fraction of sp³-hybridized carbons (Fsp3) is 0.333. The van der Waals surface area contributed by atoms with E-state index in [9.17, 15) is 13.0 Å². The predicted molar refractivity (Wildman–Crippen MR) is 50.3 cm³/mol. The molecule has 0 saturated heterocycles. The van der Waals surface area contributed by atoms with Gasteiger partial charge in [0.1, 0.15) is 15.9 Å². The van der Waals surface area contributed by atoms with Crippen molar-refractivity contribution in [3.8, 4) is 5.75 Å². The van der Waals surface area contributed by atoms with Crippen molar-refractivity contribution in [2.24, 2.45) is 0 Å². The largest absolute Gasteiger partial charge is 0.744 e. The van der Waals surface area contributed by atoms with E-state index in [0.717, 1.165) is 0 Å². The maximum absolute atomic E-state index is 10.7. The lowest BCUT2D eigenvalue weighted by Crippen LogP contribution is -2.02. The van der Waals surface area contributed by atoms with Crippen LogP contribution in [-0.4, -0.2) is 19.6 Å². The van der Waals surface area contributed by atoms with Crippen molar-refractivity contribution < 1.29 is 17.7 Å². The summed E-state index contributed by atoms with van der Waals surface area (Å²) in [6, 6.07) is 4.28. The van der Waals surface area contributed by atoms with E-state index in [-0.39, 0.29) is 4.90 Å². The van der Waals surface area contributed by atoms with Gasteiger partial charge in [-0.3, -0.25) is 0 Å². The quantitative estimate of drug-likeness (QED) is 0.713. The minimum absolute atomic E-state index is 0.194. The number of aryl methyl sites for hydroxylation is 1. The molecule has 1 aromatic rings. The summed E-state index contributed by atoms with van der Waals surface area (Å²) in [5.41, 5.74) is 0.408. The van der Waals surface area contributed by atoms with Crippen LogP contribution in [0.3, 0.4) is 0 Å². The Morgan fingerprint density at radius 1 is 1.43 bits per heavy atom. The Morgan fingerprint density at radius 2 is 2.07 bits per heavy atom. The summed E-state index contributed by atoms with van der Waals surface area (Å²) in [5, 5.41) is 0. The van der Waals surface area contributed by atoms with Gasteiger partial charge in [0.2, 0.25) is 0 Å². The minimum Gasteiger partial charge on any atom is -0.744 e. The maximum Gasteiger partial charge on any atom is 0.124 e. The second kappa shape index (κ2) is 3.98. The standard InChI is InChI=1S/C9H12O4S/c1-3-13-8-4-5-9(7(2)6-8)14(10,11)12/h4-6H,3H2,1-2H3,(H,10,11,12)/p-1. The third-order valence-corrected chi connectivity index (χ3v) is 2.72. The summed E-state index contributed by atoms with van der Waals surface area (Å²) in [6.07, 6.45) is 0. The van der Waals surface area contributed by atoms with E-state index in [1.54, 1.807) is 6.92 Å². The molecule has 0 N–H and O–H groups in total. The molecule has 78 valence electrons. The van der Waals surface area contributed by atoms with E-state index < -0.39 is 10.1 Å². The molecule has 0 saturated carbocycles. The summed E-state index contributed by atoms with van der Waals surface area (Å²) < 4.78 is 37.3. The summed E-state index contributed by atoms with van der Waals surface area (Å²) >= 11 is 0. The van der Waals surface area contributed by atoms with Gasteiger partial charge in [0.05, 0.1) is 11.5 Å². The highest BCUT2D eigenvalue weighted by Gasteiger charge is 2.06. The van der Waals surface area contributed by atoms with Crippen LogP contribution in [0.2, 0.25) is 0 Å². The zero-order valence-corrected chi connectivity index (χ0v) is 8.80. The molecule has 0 aliphatic carbocycles. The number of benzene rings is 1. The Morgan fingerprint density at radius 3 is 2.50 bits per heavy atom. The molecule has 0 aliphatic heterocycles. The highest BCUT2D eigenvalue weighted by Crippen LogP contribution is 2.20. The normalized spacial score (nSPS) is 11.4. The lowest BCUT2D eigenvalue weighted by molar-refractivity contribution is 0.339. The van der Waals surface area contributed by atoms with Crippen LogP contribution in [0, 0.1) is 6.92 Å². The summed E-state index contributed by atoms with van der Waals surface area (Å²) in [6.45, 7) is 3.89. The van der Waals surface area contributed by atoms with Gasteiger partial charge in [-0.15, -0.1) is 0 Å². The molecule has 4 nitrogen and oxygen atoms in total. The smallest absolute Gasteiger partial charge is 0.124 e. The van der Waals surface area contributed by atoms with Crippen LogP contribution in [0.4, 0.5) is 0 Å². The second-order valence-corrected chi connectivity index (χ2v) is 4.16. The zero-order valence-electron chi connectivity index (χ0n) is 7.98. The van der Waals surface area contributed by atoms with Crippen molar-refractivity contribution in [2.75, 3.05) is 6.61 Å². The van der Waals surface area contributed by atoms with Gasteiger partial charge in [-0.1, -0.05) is 0 Å². The van der Waals surface area contributed by atoms with Crippen LogP contribution < -0.4 is 4.74 Å². The van der Waals surface area contributed by atoms with E-state index >= 15 is 0 Å². The first kappa shape index (κ1) is 11.0. The number of hydrogen-bond acceptors (Lipinski definition) is 4. The molecule has 0 unspecified atom stereocenters. The minimum atomic E-state index is -4.37. The Labute approximate surface area is 83.3 Å². The van der Waals surface area contributed by atoms with Crippen molar-refractivity contribution in [3.05, 3.63) is 23.8 Å². The highest BCUT2D eigenvalue weighted by atomic mass is 32.2. The molecule has 1 aromatic carbocycles. The van der Waals surface area contributed by atoms with Crippen LogP contribution in [0.25, 0.3) is 0 Å². The summed E-state index contributed by atoms with van der Waals surface area (Å²) in [5.74, 6) is 0.567. The van der Waals surface area contributed by atoms with Crippen molar-refractivity contribution >= 4 is 10.1 Å². The predicted octanol–water partition coefficient (Wildman–Crippen LogP) is 1.30. The second-order valence-electron chi connectivity index (χ2n) is 2.81. The van der Waals surface area contributed by atoms with Crippen LogP contribution in [-0.2, 0) is 10.1 Å². The van der Waals surface area contributed by atoms with E-state index in [0.29, 0.717) is 17.9 Å². The van der Waals surface area contributed by atoms with Crippen LogP contribution in [0.5, 0.6) is 5.75 Å². The zero-order chi connectivity index (χ0) is 10.8. The Bertz CT molecular complexity index is 422. The molecule has 0 aromatic heterocycles. The van der Waals surface area contributed by atoms with Crippen molar-refractivity contribution in [3.63, 3.8) is 0 Å². The van der Waals surface area contributed by atoms with Gasteiger partial charge in [0, 0.05) is 0 Å². The lowest BCUT2D eigenvalue weighted by atomic mass is 10.2. The van der Waals surface area contributed by atoms with Crippen molar-refractivity contribution in [2.45, 2.75) is 18.7 Å². The van der Waals surface area contributed by atoms with Gasteiger partial charge in [-0.2, -0.15) is 0 Å². The van der Waals surface area contributed by atoms with E-state index in [2.05, 4.69) is 0 Å². The first-order valence-electron chi connectivity index (χ1n) is 4.14. The number of hydrogen-bond donors (Lipinski definition) is 0. The van der Waals surface area contributed by atoms with E-state index in [1.807, 2.05) is 6.92 Å². The van der Waals surface area contributed by atoms with E-state index in [1.165, 1.54) is 18.2 Å². The monoisotopic (exact) mass is 215 g/mol. The molecular formula is C9H11O4S-. The molecule has 0 atom stereocenters. The number of ether oxygens (including phenoxy) is 1. The molecule has 0 heterocycles. The average Bonchev–Trinajstić information content (AvgIpc) is 2.02. The van der Waals surface area contributed by atoms with E-state index in [4.69, 9.17) is 4.74 Å². The molecule has 14 heavy (non-hydrogen) atoms. The first-order chi connectivity index (χ1) is 6.45. The molecule has 0 fully saturated rings. The molecule has 0 spiro atoms. The molecular weight excluding hydrogens is 204 g/mol. The molecule has 0 bridgehead atoms. The third kappa shape index (κ3) is 2.46.